The average Bonchev–Trinajstić information content (AvgIpc) is 3.05. The van der Waals surface area contributed by atoms with E-state index in [1.807, 2.05) is 13.0 Å². The van der Waals surface area contributed by atoms with Crippen LogP contribution in [0, 0.1) is 28.6 Å². The van der Waals surface area contributed by atoms with Crippen LogP contribution in [0.5, 0.6) is 0 Å². The van der Waals surface area contributed by atoms with E-state index in [1.54, 1.807) is 0 Å². The van der Waals surface area contributed by atoms with Crippen molar-refractivity contribution in [3.63, 3.8) is 0 Å². The third kappa shape index (κ3) is 3.89. The van der Waals surface area contributed by atoms with Gasteiger partial charge in [-0.2, -0.15) is 0 Å². The third-order valence-corrected chi connectivity index (χ3v) is 8.53. The lowest BCUT2D eigenvalue weighted by atomic mass is 9.47. The number of ketones is 1. The fourth-order valence-corrected chi connectivity index (χ4v) is 6.95. The molecule has 3 saturated carbocycles. The van der Waals surface area contributed by atoms with E-state index in [2.05, 4.69) is 18.6 Å². The lowest BCUT2D eigenvalue weighted by Crippen LogP contribution is -2.51. The maximum atomic E-state index is 11.9. The van der Waals surface area contributed by atoms with E-state index in [0.717, 1.165) is 38.0 Å². The summed E-state index contributed by atoms with van der Waals surface area (Å²) in [6, 6.07) is 0. The number of esters is 1. The summed E-state index contributed by atoms with van der Waals surface area (Å²) < 4.78 is 9.72. The fourth-order valence-electron chi connectivity index (χ4n) is 6.95. The van der Waals surface area contributed by atoms with E-state index in [9.17, 15) is 9.59 Å². The third-order valence-electron chi connectivity index (χ3n) is 8.53. The zero-order valence-corrected chi connectivity index (χ0v) is 18.4. The highest BCUT2D eigenvalue weighted by atomic mass is 16.5. The van der Waals surface area contributed by atoms with Crippen molar-refractivity contribution in [2.24, 2.45) is 28.6 Å². The Morgan fingerprint density at radius 2 is 1.86 bits per heavy atom. The zero-order chi connectivity index (χ0) is 21.2. The van der Waals surface area contributed by atoms with E-state index in [0.29, 0.717) is 30.5 Å². The van der Waals surface area contributed by atoms with E-state index in [1.165, 1.54) is 31.9 Å². The van der Waals surface area contributed by atoms with Gasteiger partial charge in [0.2, 0.25) is 0 Å². The van der Waals surface area contributed by atoms with Crippen molar-refractivity contribution in [3.05, 3.63) is 11.6 Å². The highest BCUT2D eigenvalue weighted by molar-refractivity contribution is 5.91. The lowest BCUT2D eigenvalue weighted by Gasteiger charge is -2.57. The first kappa shape index (κ1) is 22.0. The molecule has 4 rings (SSSR count). The Balaban J connectivity index is 0.000000552. The van der Waals surface area contributed by atoms with Crippen molar-refractivity contribution in [2.45, 2.75) is 84.7 Å². The molecule has 0 aromatic heterocycles. The van der Waals surface area contributed by atoms with Crippen molar-refractivity contribution < 1.29 is 23.9 Å². The lowest BCUT2D eigenvalue weighted by molar-refractivity contribution is -0.159. The van der Waals surface area contributed by atoms with E-state index < -0.39 is 0 Å². The second-order valence-corrected chi connectivity index (χ2v) is 9.75. The number of hydrogen-bond acceptors (Lipinski definition) is 5. The number of carbonyl (C=O) groups is 3. The molecule has 0 amide bonds. The predicted octanol–water partition coefficient (Wildman–Crippen LogP) is 4.63. The molecule has 5 heteroatoms. The van der Waals surface area contributed by atoms with E-state index in [4.69, 9.17) is 9.53 Å². The first-order valence-corrected chi connectivity index (χ1v) is 11.2. The largest absolute Gasteiger partial charge is 0.471 e. The summed E-state index contributed by atoms with van der Waals surface area (Å²) in [6.07, 6.45) is 11.3. The Labute approximate surface area is 174 Å². The summed E-state index contributed by atoms with van der Waals surface area (Å²) in [4.78, 5) is 32.7. The monoisotopic (exact) mass is 404 g/mol. The molecule has 0 saturated heterocycles. The number of ether oxygens (including phenoxy) is 2. The van der Waals surface area contributed by atoms with E-state index >= 15 is 0 Å². The number of methoxy groups -OCH3 is 1. The van der Waals surface area contributed by atoms with Crippen LogP contribution in [-0.2, 0) is 23.9 Å². The molecule has 4 aliphatic carbocycles. The molecule has 5 nitrogen and oxygen atoms in total. The topological polar surface area (TPSA) is 69.7 Å². The van der Waals surface area contributed by atoms with Gasteiger partial charge in [-0.1, -0.05) is 26.3 Å². The van der Waals surface area contributed by atoms with Gasteiger partial charge in [-0.15, -0.1) is 0 Å². The molecule has 4 aliphatic rings. The summed E-state index contributed by atoms with van der Waals surface area (Å²) >= 11 is 0. The summed E-state index contributed by atoms with van der Waals surface area (Å²) in [5.74, 6) is 2.41. The van der Waals surface area contributed by atoms with Crippen LogP contribution in [0.3, 0.4) is 0 Å². The van der Waals surface area contributed by atoms with Crippen LogP contribution < -0.4 is 0 Å². The van der Waals surface area contributed by atoms with Gasteiger partial charge in [0.25, 0.3) is 6.47 Å². The summed E-state index contributed by atoms with van der Waals surface area (Å²) in [6.45, 7) is 7.06. The quantitative estimate of drug-likeness (QED) is 0.507. The number of fused-ring (bicyclic) bond motifs is 5. The van der Waals surface area contributed by atoms with Crippen LogP contribution in [0.1, 0.15) is 78.6 Å². The van der Waals surface area contributed by atoms with Crippen LogP contribution >= 0.6 is 0 Å². The molecule has 0 aromatic rings. The zero-order valence-electron chi connectivity index (χ0n) is 18.4. The first-order valence-electron chi connectivity index (χ1n) is 11.2. The molecule has 0 spiro atoms. The summed E-state index contributed by atoms with van der Waals surface area (Å²) in [5, 5.41) is 0. The molecule has 0 heterocycles. The molecule has 0 aliphatic heterocycles. The average molecular weight is 405 g/mol. The normalized spacial score (nSPS) is 40.3. The van der Waals surface area contributed by atoms with Gasteiger partial charge in [0.1, 0.15) is 6.10 Å². The van der Waals surface area contributed by atoms with Crippen molar-refractivity contribution in [1.82, 2.24) is 0 Å². The number of allylic oxidation sites excluding steroid dienone is 1. The molecule has 3 fully saturated rings. The van der Waals surface area contributed by atoms with Gasteiger partial charge in [-0.3, -0.25) is 14.4 Å². The molecule has 0 bridgehead atoms. The van der Waals surface area contributed by atoms with Crippen molar-refractivity contribution in [3.8, 4) is 0 Å². The molecule has 0 aromatic carbocycles. The van der Waals surface area contributed by atoms with Crippen molar-refractivity contribution >= 4 is 18.2 Å². The van der Waals surface area contributed by atoms with Gasteiger partial charge in [0, 0.05) is 18.3 Å². The molecular formula is C24H36O5. The van der Waals surface area contributed by atoms with Gasteiger partial charge in [0.05, 0.1) is 7.11 Å². The molecule has 162 valence electrons. The first-order chi connectivity index (χ1) is 13.8. The summed E-state index contributed by atoms with van der Waals surface area (Å²) in [7, 11) is 1.31. The van der Waals surface area contributed by atoms with Crippen LogP contribution in [0.25, 0.3) is 0 Å². The van der Waals surface area contributed by atoms with Gasteiger partial charge < -0.3 is 9.47 Å². The standard InChI is InChI=1S/C22H32O3.C2H4O2/c1-4-20(24)25-19-8-7-17-16-6-5-14-13-15(23)9-11-21(14,2)18(16)10-12-22(17,19)3;1-4-2-3/h13,16-19H,4-12H2,1-3H3;2H,1H3. The maximum Gasteiger partial charge on any atom is 0.305 e. The minimum atomic E-state index is -0.0411. The Bertz CT molecular complexity index is 683. The molecule has 6 atom stereocenters. The Morgan fingerprint density at radius 1 is 1.14 bits per heavy atom. The number of carbonyl (C=O) groups excluding carboxylic acids is 3. The van der Waals surface area contributed by atoms with Crippen molar-refractivity contribution in [2.75, 3.05) is 7.11 Å². The minimum absolute atomic E-state index is 0.0411. The van der Waals surface area contributed by atoms with Crippen LogP contribution in [0.2, 0.25) is 0 Å². The van der Waals surface area contributed by atoms with Gasteiger partial charge in [0.15, 0.2) is 5.78 Å². The Morgan fingerprint density at radius 3 is 2.52 bits per heavy atom. The SMILES string of the molecule is CCC(=O)OC1CCC2C3CCC4=CC(=O)CCC4(C)C3CCC12C.COC=O. The summed E-state index contributed by atoms with van der Waals surface area (Å²) in [5.41, 5.74) is 1.82. The van der Waals surface area contributed by atoms with E-state index in [-0.39, 0.29) is 22.9 Å². The van der Waals surface area contributed by atoms with Crippen LogP contribution in [-0.4, -0.2) is 31.4 Å². The highest BCUT2D eigenvalue weighted by Gasteiger charge is 2.59. The fraction of sp³-hybridized carbons (Fsp3) is 0.792. The van der Waals surface area contributed by atoms with Crippen LogP contribution in [0.15, 0.2) is 11.6 Å². The van der Waals surface area contributed by atoms with Crippen molar-refractivity contribution in [1.29, 1.82) is 0 Å². The second-order valence-electron chi connectivity index (χ2n) is 9.75. The molecular weight excluding hydrogens is 368 g/mol. The molecule has 6 unspecified atom stereocenters. The Kier molecular flexibility index (Phi) is 6.54. The van der Waals surface area contributed by atoms with Gasteiger partial charge >= 0.3 is 5.97 Å². The smallest absolute Gasteiger partial charge is 0.305 e. The molecule has 29 heavy (non-hydrogen) atoms. The second kappa shape index (κ2) is 8.61. The minimum Gasteiger partial charge on any atom is -0.471 e. The van der Waals surface area contributed by atoms with Gasteiger partial charge in [-0.25, -0.2) is 0 Å². The molecule has 0 radical (unpaired) electrons. The highest BCUT2D eigenvalue weighted by Crippen LogP contribution is 2.65. The number of hydrogen-bond donors (Lipinski definition) is 0. The van der Waals surface area contributed by atoms with Gasteiger partial charge in [-0.05, 0) is 74.2 Å². The van der Waals surface area contributed by atoms with Crippen LogP contribution in [0.4, 0.5) is 0 Å². The molecule has 0 N–H and O–H groups in total. The predicted molar refractivity (Wildman–Crippen MR) is 110 cm³/mol. The number of rotatable bonds is 3. The Hall–Kier alpha value is -1.65. The maximum absolute atomic E-state index is 11.9.